The molecule has 12 rings (SSSR count). The van der Waals surface area contributed by atoms with Gasteiger partial charge >= 0.3 is 0 Å². The predicted octanol–water partition coefficient (Wildman–Crippen LogP) is 23.3. The second kappa shape index (κ2) is 39.8. The largest absolute Gasteiger partial charge is 0.463 e. The van der Waals surface area contributed by atoms with Crippen molar-refractivity contribution in [1.82, 2.24) is 19.9 Å². The van der Waals surface area contributed by atoms with E-state index < -0.39 is 0 Å². The van der Waals surface area contributed by atoms with E-state index in [2.05, 4.69) is 191 Å². The van der Waals surface area contributed by atoms with Gasteiger partial charge < -0.3 is 28.8 Å². The van der Waals surface area contributed by atoms with Gasteiger partial charge in [0.1, 0.15) is 12.1 Å². The van der Waals surface area contributed by atoms with Crippen LogP contribution in [0.5, 0.6) is 0 Å². The molecule has 6 aromatic carbocycles. The van der Waals surface area contributed by atoms with Crippen LogP contribution in [0.1, 0.15) is 176 Å². The molecule has 8 nitrogen and oxygen atoms in total. The Morgan fingerprint density at radius 3 is 1.32 bits per heavy atom. The zero-order valence-corrected chi connectivity index (χ0v) is 53.4. The second-order valence-corrected chi connectivity index (χ2v) is 18.5. The number of hydrogen-bond acceptors (Lipinski definition) is 4. The standard InChI is InChI=1S/C12H11NO.C12H15N.C11H9NO.C10H11N.C9H9N.C8H7N.6C2H6/c1-8(2)10-5-9-3-4-14-12(9)11(6-10)7-13;1-12(2,3)10-4-5-11-9(8-10)6-7-13-11;1-2-8-5-9-3-4-13-11(9)10(6-8)7-12;1-2-8-3-4-10-9(7-8)5-6-11-10;1-7-2-3-9-8(6-7)4-5-10-9;1-2-4-8-7(3-1)5-6-9-8;6*1-2/h3-6,8H,1-2H3;4-8,13H,1-3H3;3-6H,2H2,1H3;3-7,11H,2H2,1H3;2-6,10H,1H3;1-6,9H;6*1-2H3. The number of nitrogens with zero attached hydrogens (tertiary/aromatic N) is 2. The molecule has 8 heteroatoms. The summed E-state index contributed by atoms with van der Waals surface area (Å²) in [6.07, 6.45) is 13.2. The average Bonchev–Trinajstić information content (AvgIpc) is 4.45. The Morgan fingerprint density at radius 1 is 0.427 bits per heavy atom. The number of nitriles is 2. The van der Waals surface area contributed by atoms with Gasteiger partial charge in [0.05, 0.1) is 23.7 Å². The zero-order chi connectivity index (χ0) is 61.6. The SMILES string of the molecule is CC.CC.CC.CC.CC.CC.CC(C)(C)c1ccc2[nH]ccc2c1.CC(C)c1cc(C#N)c2occc2c1.CCc1cc(C#N)c2occc2c1.CCc1ccc2[nH]ccc2c1.Cc1ccc2[nH]ccc2c1.c1ccc2[nH]ccc2c1. The summed E-state index contributed by atoms with van der Waals surface area (Å²) < 4.78 is 10.5. The van der Waals surface area contributed by atoms with Crippen LogP contribution in [0.3, 0.4) is 0 Å². The molecule has 436 valence electrons. The molecule has 0 spiro atoms. The molecule has 6 aromatic heterocycles. The topological polar surface area (TPSA) is 137 Å². The highest BCUT2D eigenvalue weighted by Crippen LogP contribution is 2.27. The van der Waals surface area contributed by atoms with Crippen LogP contribution in [0, 0.1) is 29.6 Å². The second-order valence-electron chi connectivity index (χ2n) is 18.5. The fourth-order valence-electron chi connectivity index (χ4n) is 7.96. The number of para-hydroxylation sites is 1. The van der Waals surface area contributed by atoms with E-state index in [-0.39, 0.29) is 5.41 Å². The maximum absolute atomic E-state index is 8.95. The Balaban J connectivity index is 0.000000476. The van der Waals surface area contributed by atoms with E-state index >= 15 is 0 Å². The molecule has 82 heavy (non-hydrogen) atoms. The number of nitrogens with one attached hydrogen (secondary N) is 4. The highest BCUT2D eigenvalue weighted by molar-refractivity contribution is 5.85. The third-order valence-electron chi connectivity index (χ3n) is 12.1. The summed E-state index contributed by atoms with van der Waals surface area (Å²) in [6.45, 7) is 41.3. The predicted molar refractivity (Wildman–Crippen MR) is 359 cm³/mol. The van der Waals surface area contributed by atoms with Crippen LogP contribution >= 0.6 is 0 Å². The van der Waals surface area contributed by atoms with Crippen LogP contribution in [-0.2, 0) is 18.3 Å². The Labute approximate surface area is 493 Å². The summed E-state index contributed by atoms with van der Waals surface area (Å²) in [5, 5.41) is 25.0. The summed E-state index contributed by atoms with van der Waals surface area (Å²) in [4.78, 5) is 12.6. The van der Waals surface area contributed by atoms with Crippen molar-refractivity contribution in [2.45, 2.75) is 163 Å². The van der Waals surface area contributed by atoms with E-state index in [1.54, 1.807) is 12.5 Å². The van der Waals surface area contributed by atoms with Crippen LogP contribution in [0.15, 0.2) is 186 Å². The van der Waals surface area contributed by atoms with Crippen molar-refractivity contribution < 1.29 is 8.83 Å². The first-order chi connectivity index (χ1) is 39.9. The van der Waals surface area contributed by atoms with E-state index in [1.807, 2.05) is 144 Å². The third-order valence-corrected chi connectivity index (χ3v) is 12.1. The van der Waals surface area contributed by atoms with Crippen LogP contribution in [0.4, 0.5) is 0 Å². The molecule has 12 aromatic rings. The summed E-state index contributed by atoms with van der Waals surface area (Å²) in [5.41, 5.74) is 14.2. The van der Waals surface area contributed by atoms with Crippen molar-refractivity contribution in [3.8, 4) is 12.1 Å². The molecule has 0 aliphatic carbocycles. The number of furan rings is 2. The molecule has 0 aliphatic heterocycles. The smallest absolute Gasteiger partial charge is 0.151 e. The number of aromatic nitrogens is 4. The maximum Gasteiger partial charge on any atom is 0.151 e. The zero-order valence-electron chi connectivity index (χ0n) is 53.4. The van der Waals surface area contributed by atoms with E-state index in [9.17, 15) is 0 Å². The number of H-pyrrole nitrogens is 4. The third kappa shape index (κ3) is 21.9. The Morgan fingerprint density at radius 2 is 0.841 bits per heavy atom. The highest BCUT2D eigenvalue weighted by atomic mass is 16.3. The first kappa shape index (κ1) is 71.6. The number of aromatic amines is 4. The van der Waals surface area contributed by atoms with Gasteiger partial charge in [-0.15, -0.1) is 0 Å². The Bertz CT molecular complexity index is 3630. The van der Waals surface area contributed by atoms with Gasteiger partial charge in [0.2, 0.25) is 0 Å². The van der Waals surface area contributed by atoms with Crippen LogP contribution < -0.4 is 0 Å². The summed E-state index contributed by atoms with van der Waals surface area (Å²) in [6, 6.07) is 52.1. The van der Waals surface area contributed by atoms with Crippen molar-refractivity contribution in [2.75, 3.05) is 0 Å². The van der Waals surface area contributed by atoms with Crippen LogP contribution in [0.25, 0.3) is 65.6 Å². The molecular formula is C74H98N6O2. The van der Waals surface area contributed by atoms with E-state index in [0.717, 1.165) is 23.6 Å². The Kier molecular flexibility index (Phi) is 34.8. The first-order valence-corrected chi connectivity index (χ1v) is 29.9. The minimum atomic E-state index is 0.242. The molecule has 0 saturated heterocycles. The summed E-state index contributed by atoms with van der Waals surface area (Å²) in [7, 11) is 0. The lowest BCUT2D eigenvalue weighted by Crippen LogP contribution is -2.10. The summed E-state index contributed by atoms with van der Waals surface area (Å²) in [5.74, 6) is 0.432. The average molecular weight is 1100 g/mol. The molecule has 0 radical (unpaired) electrons. The van der Waals surface area contributed by atoms with Gasteiger partial charge in [-0.1, -0.05) is 174 Å². The van der Waals surface area contributed by atoms with E-state index in [1.165, 1.54) is 71.4 Å². The van der Waals surface area contributed by atoms with Gasteiger partial charge in [0, 0.05) is 57.6 Å². The fourth-order valence-corrected chi connectivity index (χ4v) is 7.96. The number of benzene rings is 6. The Hall–Kier alpha value is -8.46. The van der Waals surface area contributed by atoms with Crippen LogP contribution in [-0.4, -0.2) is 19.9 Å². The number of rotatable bonds is 3. The molecule has 0 amide bonds. The molecule has 0 aliphatic rings. The molecule has 0 bridgehead atoms. The molecule has 0 saturated carbocycles. The quantitative estimate of drug-likeness (QED) is 0.140. The van der Waals surface area contributed by atoms with Crippen molar-refractivity contribution in [3.05, 3.63) is 216 Å². The van der Waals surface area contributed by atoms with E-state index in [4.69, 9.17) is 19.4 Å². The minimum Gasteiger partial charge on any atom is -0.463 e. The number of fused-ring (bicyclic) bond motifs is 6. The summed E-state index contributed by atoms with van der Waals surface area (Å²) >= 11 is 0. The van der Waals surface area contributed by atoms with Gasteiger partial charge in [-0.05, 0) is 178 Å². The van der Waals surface area contributed by atoms with Crippen LogP contribution in [0.2, 0.25) is 0 Å². The normalized spacial score (nSPS) is 9.65. The van der Waals surface area contributed by atoms with Crippen molar-refractivity contribution in [3.63, 3.8) is 0 Å². The van der Waals surface area contributed by atoms with Crippen molar-refractivity contribution in [1.29, 1.82) is 10.5 Å². The number of hydrogen-bond donors (Lipinski definition) is 4. The fraction of sp³-hybridized carbons (Fsp3) is 0.324. The number of aryl methyl sites for hydroxylation is 3. The van der Waals surface area contributed by atoms with Gasteiger partial charge in [0.15, 0.2) is 11.2 Å². The first-order valence-electron chi connectivity index (χ1n) is 29.9. The lowest BCUT2D eigenvalue weighted by atomic mass is 9.86. The highest BCUT2D eigenvalue weighted by Gasteiger charge is 2.14. The van der Waals surface area contributed by atoms with Gasteiger partial charge in [-0.2, -0.15) is 10.5 Å². The van der Waals surface area contributed by atoms with Crippen molar-refractivity contribution >= 4 is 65.6 Å². The van der Waals surface area contributed by atoms with Crippen molar-refractivity contribution in [2.24, 2.45) is 0 Å². The monoisotopic (exact) mass is 1100 g/mol. The molecule has 0 unspecified atom stereocenters. The maximum atomic E-state index is 8.95. The minimum absolute atomic E-state index is 0.242. The molecular weight excluding hydrogens is 1000 g/mol. The molecule has 0 fully saturated rings. The lowest BCUT2D eigenvalue weighted by Gasteiger charge is -2.18. The van der Waals surface area contributed by atoms with E-state index in [0.29, 0.717) is 28.2 Å². The molecule has 6 heterocycles. The molecule has 0 atom stereocenters. The lowest BCUT2D eigenvalue weighted by molar-refractivity contribution is 0.591. The van der Waals surface area contributed by atoms with Gasteiger partial charge in [-0.25, -0.2) is 0 Å². The van der Waals surface area contributed by atoms with Gasteiger partial charge in [-0.3, -0.25) is 0 Å². The molecule has 4 N–H and O–H groups in total. The van der Waals surface area contributed by atoms with Gasteiger partial charge in [0.25, 0.3) is 0 Å².